The predicted octanol–water partition coefficient (Wildman–Crippen LogP) is 2.82. The van der Waals surface area contributed by atoms with Crippen molar-refractivity contribution in [2.24, 2.45) is 0 Å². The number of nitrogen functional groups attached to an aromatic ring is 1. The van der Waals surface area contributed by atoms with Crippen molar-refractivity contribution in [2.45, 2.75) is 58.3 Å². The van der Waals surface area contributed by atoms with Gasteiger partial charge in [0.15, 0.2) is 5.95 Å². The van der Waals surface area contributed by atoms with Gasteiger partial charge in [-0.25, -0.2) is 4.98 Å². The highest BCUT2D eigenvalue weighted by molar-refractivity contribution is 5.85. The van der Waals surface area contributed by atoms with Crippen LogP contribution in [-0.4, -0.2) is 22.4 Å². The third-order valence-corrected chi connectivity index (χ3v) is 3.10. The number of imidazole rings is 1. The van der Waals surface area contributed by atoms with Crippen molar-refractivity contribution in [3.8, 4) is 0 Å². The van der Waals surface area contributed by atoms with Gasteiger partial charge >= 0.3 is 0 Å². The molecule has 1 rings (SSSR count). The number of nitrogens with one attached hydrogen (secondary N) is 2. The summed E-state index contributed by atoms with van der Waals surface area (Å²) in [6.45, 7) is 3.00. The summed E-state index contributed by atoms with van der Waals surface area (Å²) >= 11 is 0. The molecule has 116 valence electrons. The Morgan fingerprint density at radius 1 is 1.30 bits per heavy atom. The number of aromatic nitrogens is 2. The summed E-state index contributed by atoms with van der Waals surface area (Å²) in [6.07, 6.45) is 9.92. The summed E-state index contributed by atoms with van der Waals surface area (Å²) in [5.74, 6) is 0.625. The second kappa shape index (κ2) is 11.6. The Balaban J connectivity index is 0.00000361. The van der Waals surface area contributed by atoms with E-state index in [1.165, 1.54) is 19.3 Å². The summed E-state index contributed by atoms with van der Waals surface area (Å²) in [5.41, 5.74) is 6.53. The molecule has 0 aromatic carbocycles. The van der Waals surface area contributed by atoms with Crippen molar-refractivity contribution in [3.05, 3.63) is 11.9 Å². The summed E-state index contributed by atoms with van der Waals surface area (Å²) in [7, 11) is 0. The lowest BCUT2D eigenvalue weighted by Crippen LogP contribution is -2.23. The standard InChI is InChI=1S/C14H26N4O.ClH/c1-2-3-4-7-10-16-13(19)9-6-5-8-12-11-17-14(15)18-12;/h11H,2-10H2,1H3,(H,16,19)(H3,15,17,18);1H. The number of nitrogens with two attached hydrogens (primary N) is 1. The maximum Gasteiger partial charge on any atom is 0.219 e. The number of hydrogen-bond donors (Lipinski definition) is 3. The van der Waals surface area contributed by atoms with Gasteiger partial charge in [0.2, 0.25) is 5.91 Å². The van der Waals surface area contributed by atoms with Crippen LogP contribution in [0.4, 0.5) is 5.95 Å². The number of unbranched alkanes of at least 4 members (excludes halogenated alkanes) is 4. The van der Waals surface area contributed by atoms with E-state index in [9.17, 15) is 4.79 Å². The van der Waals surface area contributed by atoms with Crippen LogP contribution in [-0.2, 0) is 11.2 Å². The number of amides is 1. The number of carbonyl (C=O) groups excluding carboxylic acids is 1. The summed E-state index contributed by atoms with van der Waals surface area (Å²) in [5, 5.41) is 2.97. The first-order valence-corrected chi connectivity index (χ1v) is 7.28. The third-order valence-electron chi connectivity index (χ3n) is 3.10. The maximum atomic E-state index is 11.5. The monoisotopic (exact) mass is 302 g/mol. The van der Waals surface area contributed by atoms with Gasteiger partial charge in [0, 0.05) is 18.7 Å². The Morgan fingerprint density at radius 2 is 2.10 bits per heavy atom. The number of carbonyl (C=O) groups is 1. The van der Waals surface area contributed by atoms with Gasteiger partial charge in [-0.05, 0) is 25.7 Å². The Kier molecular flexibility index (Phi) is 10.9. The van der Waals surface area contributed by atoms with E-state index in [2.05, 4.69) is 22.2 Å². The largest absolute Gasteiger partial charge is 0.369 e. The highest BCUT2D eigenvalue weighted by Gasteiger charge is 2.02. The molecular formula is C14H27ClN4O. The summed E-state index contributed by atoms with van der Waals surface area (Å²) in [4.78, 5) is 18.5. The SMILES string of the molecule is CCCCCCNC(=O)CCCCc1cnc(N)[nH]1.Cl. The van der Waals surface area contributed by atoms with Crippen molar-refractivity contribution >= 4 is 24.3 Å². The first kappa shape index (κ1) is 18.8. The average Bonchev–Trinajstić information content (AvgIpc) is 2.80. The van der Waals surface area contributed by atoms with Gasteiger partial charge < -0.3 is 16.0 Å². The van der Waals surface area contributed by atoms with Gasteiger partial charge in [0.1, 0.15) is 0 Å². The highest BCUT2D eigenvalue weighted by Crippen LogP contribution is 2.05. The zero-order valence-electron chi connectivity index (χ0n) is 12.3. The van der Waals surface area contributed by atoms with E-state index in [1.54, 1.807) is 6.20 Å². The molecule has 5 nitrogen and oxygen atoms in total. The van der Waals surface area contributed by atoms with Gasteiger partial charge in [0.05, 0.1) is 6.20 Å². The van der Waals surface area contributed by atoms with Crippen molar-refractivity contribution in [1.82, 2.24) is 15.3 Å². The molecule has 0 saturated carbocycles. The molecule has 0 aliphatic heterocycles. The molecule has 1 aromatic heterocycles. The summed E-state index contributed by atoms with van der Waals surface area (Å²) < 4.78 is 0. The fourth-order valence-corrected chi connectivity index (χ4v) is 1.97. The number of halogens is 1. The van der Waals surface area contributed by atoms with E-state index < -0.39 is 0 Å². The van der Waals surface area contributed by atoms with Gasteiger partial charge in [-0.15, -0.1) is 12.4 Å². The molecule has 0 aliphatic carbocycles. The Hall–Kier alpha value is -1.23. The van der Waals surface area contributed by atoms with Gasteiger partial charge in [-0.3, -0.25) is 4.79 Å². The molecule has 0 radical (unpaired) electrons. The first-order valence-electron chi connectivity index (χ1n) is 7.28. The molecular weight excluding hydrogens is 276 g/mol. The van der Waals surface area contributed by atoms with E-state index in [0.717, 1.165) is 37.9 Å². The van der Waals surface area contributed by atoms with E-state index in [4.69, 9.17) is 5.73 Å². The molecule has 0 bridgehead atoms. The average molecular weight is 303 g/mol. The smallest absolute Gasteiger partial charge is 0.219 e. The minimum atomic E-state index is 0. The molecule has 4 N–H and O–H groups in total. The number of hydrogen-bond acceptors (Lipinski definition) is 3. The van der Waals surface area contributed by atoms with Crippen molar-refractivity contribution < 1.29 is 4.79 Å². The summed E-state index contributed by atoms with van der Waals surface area (Å²) in [6, 6.07) is 0. The van der Waals surface area contributed by atoms with E-state index in [0.29, 0.717) is 12.4 Å². The number of aryl methyl sites for hydroxylation is 1. The lowest BCUT2D eigenvalue weighted by Gasteiger charge is -2.04. The van der Waals surface area contributed by atoms with E-state index in [-0.39, 0.29) is 18.3 Å². The number of rotatable bonds is 10. The van der Waals surface area contributed by atoms with Crippen LogP contribution >= 0.6 is 12.4 Å². The molecule has 0 fully saturated rings. The normalized spacial score (nSPS) is 10.1. The molecule has 0 atom stereocenters. The zero-order chi connectivity index (χ0) is 13.9. The Morgan fingerprint density at radius 3 is 2.75 bits per heavy atom. The van der Waals surface area contributed by atoms with E-state index >= 15 is 0 Å². The van der Waals surface area contributed by atoms with Gasteiger partial charge in [-0.1, -0.05) is 26.2 Å². The quantitative estimate of drug-likeness (QED) is 0.581. The van der Waals surface area contributed by atoms with Crippen LogP contribution < -0.4 is 11.1 Å². The number of aromatic amines is 1. The van der Waals surface area contributed by atoms with Crippen LogP contribution in [0.3, 0.4) is 0 Å². The van der Waals surface area contributed by atoms with Crippen LogP contribution in [0.25, 0.3) is 0 Å². The highest BCUT2D eigenvalue weighted by atomic mass is 35.5. The van der Waals surface area contributed by atoms with Crippen LogP contribution in [0.1, 0.15) is 57.6 Å². The lowest BCUT2D eigenvalue weighted by atomic mass is 10.1. The van der Waals surface area contributed by atoms with Gasteiger partial charge in [0.25, 0.3) is 0 Å². The molecule has 0 aliphatic rings. The Bertz CT molecular complexity index is 368. The molecule has 0 spiro atoms. The fraction of sp³-hybridized carbons (Fsp3) is 0.714. The van der Waals surface area contributed by atoms with Crippen molar-refractivity contribution in [2.75, 3.05) is 12.3 Å². The molecule has 6 heteroatoms. The second-order valence-corrected chi connectivity index (χ2v) is 4.91. The zero-order valence-corrected chi connectivity index (χ0v) is 13.1. The van der Waals surface area contributed by atoms with Crippen molar-refractivity contribution in [1.29, 1.82) is 0 Å². The number of H-pyrrole nitrogens is 1. The molecule has 0 unspecified atom stereocenters. The number of nitrogens with zero attached hydrogens (tertiary/aromatic N) is 1. The lowest BCUT2D eigenvalue weighted by molar-refractivity contribution is -0.121. The molecule has 20 heavy (non-hydrogen) atoms. The van der Waals surface area contributed by atoms with Crippen LogP contribution in [0.15, 0.2) is 6.20 Å². The Labute approximate surface area is 127 Å². The van der Waals surface area contributed by atoms with E-state index in [1.807, 2.05) is 0 Å². The van der Waals surface area contributed by atoms with Crippen LogP contribution in [0, 0.1) is 0 Å². The van der Waals surface area contributed by atoms with Crippen molar-refractivity contribution in [3.63, 3.8) is 0 Å². The van der Waals surface area contributed by atoms with Gasteiger partial charge in [-0.2, -0.15) is 0 Å². The maximum absolute atomic E-state index is 11.5. The van der Waals surface area contributed by atoms with Crippen LogP contribution in [0.2, 0.25) is 0 Å². The molecule has 1 heterocycles. The first-order chi connectivity index (χ1) is 9.22. The topological polar surface area (TPSA) is 83.8 Å². The minimum absolute atomic E-state index is 0. The molecule has 1 amide bonds. The predicted molar refractivity (Wildman–Crippen MR) is 85.0 cm³/mol. The minimum Gasteiger partial charge on any atom is -0.369 e. The fourth-order valence-electron chi connectivity index (χ4n) is 1.97. The number of anilines is 1. The molecule has 1 aromatic rings. The second-order valence-electron chi connectivity index (χ2n) is 4.91. The van der Waals surface area contributed by atoms with Crippen LogP contribution in [0.5, 0.6) is 0 Å². The third kappa shape index (κ3) is 8.80. The molecule has 0 saturated heterocycles.